The van der Waals surface area contributed by atoms with Crippen molar-refractivity contribution in [3.8, 4) is 0 Å². The van der Waals surface area contributed by atoms with Crippen molar-refractivity contribution in [1.29, 1.82) is 0 Å². The number of fused-ring (bicyclic) bond motifs is 1. The Kier molecular flexibility index (Phi) is 5.46. The lowest BCUT2D eigenvalue weighted by Crippen LogP contribution is -2.28. The first-order chi connectivity index (χ1) is 14.1. The highest BCUT2D eigenvalue weighted by Crippen LogP contribution is 2.22. The first-order valence-corrected chi connectivity index (χ1v) is 9.83. The molecule has 0 spiro atoms. The molecule has 0 atom stereocenters. The minimum atomic E-state index is -0.297. The van der Waals surface area contributed by atoms with Crippen LogP contribution < -0.4 is 5.32 Å². The van der Waals surface area contributed by atoms with Crippen molar-refractivity contribution < 1.29 is 14.0 Å². The minimum absolute atomic E-state index is 0.162. The summed E-state index contributed by atoms with van der Waals surface area (Å²) in [4.78, 5) is 32.0. The molecule has 1 aliphatic heterocycles. The van der Waals surface area contributed by atoms with Crippen LogP contribution in [0.4, 0.5) is 0 Å². The number of carbonyl (C=O) groups is 2. The van der Waals surface area contributed by atoms with Gasteiger partial charge in [0.2, 0.25) is 0 Å². The Balaban J connectivity index is 1.55. The number of carbonyl (C=O) groups excluding carboxylic acids is 2. The van der Waals surface area contributed by atoms with Gasteiger partial charge in [0.05, 0.1) is 18.5 Å². The van der Waals surface area contributed by atoms with E-state index in [1.54, 1.807) is 30.3 Å². The number of imidazole rings is 1. The standard InChI is InChI=1S/C22H24N4O3/c1-25(15-16-8-3-2-4-9-16)22(28)19-18-11-5-6-12-26(18)20(24-19)21(27)23-14-17-10-7-13-29-17/h2-4,7-10,13H,5-6,11-12,14-15H2,1H3,(H,23,27). The van der Waals surface area contributed by atoms with Gasteiger partial charge in [-0.25, -0.2) is 4.98 Å². The van der Waals surface area contributed by atoms with Crippen LogP contribution in [0.5, 0.6) is 0 Å². The fourth-order valence-electron chi connectivity index (χ4n) is 3.66. The SMILES string of the molecule is CN(Cc1ccccc1)C(=O)c1nc(C(=O)NCc2ccco2)n2c1CCCC2. The van der Waals surface area contributed by atoms with Gasteiger partial charge in [-0.05, 0) is 37.0 Å². The van der Waals surface area contributed by atoms with Crippen LogP contribution in [-0.2, 0) is 26.1 Å². The van der Waals surface area contributed by atoms with Crippen LogP contribution in [0.25, 0.3) is 0 Å². The first-order valence-electron chi connectivity index (χ1n) is 9.83. The zero-order valence-electron chi connectivity index (χ0n) is 16.4. The molecule has 0 aliphatic carbocycles. The summed E-state index contributed by atoms with van der Waals surface area (Å²) < 4.78 is 7.15. The Morgan fingerprint density at radius 3 is 2.76 bits per heavy atom. The van der Waals surface area contributed by atoms with E-state index in [-0.39, 0.29) is 18.4 Å². The number of rotatable bonds is 6. The summed E-state index contributed by atoms with van der Waals surface area (Å²) >= 11 is 0. The van der Waals surface area contributed by atoms with E-state index in [1.165, 1.54) is 0 Å². The topological polar surface area (TPSA) is 80.4 Å². The minimum Gasteiger partial charge on any atom is -0.467 e. The third kappa shape index (κ3) is 4.08. The van der Waals surface area contributed by atoms with E-state index < -0.39 is 0 Å². The molecule has 3 aromatic rings. The predicted octanol–water partition coefficient (Wildman–Crippen LogP) is 3.01. The molecule has 150 valence electrons. The van der Waals surface area contributed by atoms with Crippen LogP contribution in [0.1, 0.15) is 51.0 Å². The van der Waals surface area contributed by atoms with Crippen molar-refractivity contribution in [2.45, 2.75) is 38.9 Å². The molecule has 7 nitrogen and oxygen atoms in total. The van der Waals surface area contributed by atoms with Crippen LogP contribution in [0.2, 0.25) is 0 Å². The van der Waals surface area contributed by atoms with Crippen LogP contribution in [-0.4, -0.2) is 33.3 Å². The number of hydrogen-bond acceptors (Lipinski definition) is 4. The number of hydrogen-bond donors (Lipinski definition) is 1. The van der Waals surface area contributed by atoms with Gasteiger partial charge in [0.25, 0.3) is 11.8 Å². The van der Waals surface area contributed by atoms with Crippen LogP contribution >= 0.6 is 0 Å². The van der Waals surface area contributed by atoms with Gasteiger partial charge in [-0.2, -0.15) is 0 Å². The summed E-state index contributed by atoms with van der Waals surface area (Å²) in [6.45, 7) is 1.47. The molecule has 1 aliphatic rings. The Hall–Kier alpha value is -3.35. The molecular formula is C22H24N4O3. The van der Waals surface area contributed by atoms with Crippen molar-refractivity contribution in [3.05, 3.63) is 77.3 Å². The van der Waals surface area contributed by atoms with E-state index >= 15 is 0 Å². The highest BCUT2D eigenvalue weighted by molar-refractivity contribution is 5.97. The van der Waals surface area contributed by atoms with Crippen molar-refractivity contribution in [1.82, 2.24) is 19.8 Å². The molecular weight excluding hydrogens is 368 g/mol. The average Bonchev–Trinajstić information content (AvgIpc) is 3.40. The summed E-state index contributed by atoms with van der Waals surface area (Å²) in [6, 6.07) is 13.4. The Morgan fingerprint density at radius 2 is 2.00 bits per heavy atom. The van der Waals surface area contributed by atoms with Crippen molar-refractivity contribution in [2.24, 2.45) is 0 Å². The molecule has 2 aromatic heterocycles. The van der Waals surface area contributed by atoms with E-state index in [2.05, 4.69) is 10.3 Å². The van der Waals surface area contributed by atoms with Crippen molar-refractivity contribution >= 4 is 11.8 Å². The van der Waals surface area contributed by atoms with E-state index in [1.807, 2.05) is 34.9 Å². The fourth-order valence-corrected chi connectivity index (χ4v) is 3.66. The van der Waals surface area contributed by atoms with E-state index in [0.717, 1.165) is 30.5 Å². The second-order valence-corrected chi connectivity index (χ2v) is 7.25. The zero-order chi connectivity index (χ0) is 20.2. The maximum atomic E-state index is 13.1. The van der Waals surface area contributed by atoms with Gasteiger partial charge < -0.3 is 19.2 Å². The summed E-state index contributed by atoms with van der Waals surface area (Å²) in [5.74, 6) is 0.504. The Bertz CT molecular complexity index is 993. The van der Waals surface area contributed by atoms with E-state index in [4.69, 9.17) is 4.42 Å². The molecule has 1 N–H and O–H groups in total. The number of amides is 2. The third-order valence-corrected chi connectivity index (χ3v) is 5.14. The average molecular weight is 392 g/mol. The summed E-state index contributed by atoms with van der Waals surface area (Å²) in [5.41, 5.74) is 2.28. The highest BCUT2D eigenvalue weighted by atomic mass is 16.3. The number of aromatic nitrogens is 2. The molecule has 0 unspecified atom stereocenters. The molecule has 4 rings (SSSR count). The maximum Gasteiger partial charge on any atom is 0.287 e. The molecule has 0 saturated heterocycles. The fraction of sp³-hybridized carbons (Fsp3) is 0.318. The van der Waals surface area contributed by atoms with Crippen LogP contribution in [0, 0.1) is 0 Å². The Labute approximate surface area is 169 Å². The molecule has 0 saturated carbocycles. The third-order valence-electron chi connectivity index (χ3n) is 5.14. The highest BCUT2D eigenvalue weighted by Gasteiger charge is 2.29. The van der Waals surface area contributed by atoms with E-state index in [0.29, 0.717) is 30.4 Å². The van der Waals surface area contributed by atoms with Gasteiger partial charge in [0.1, 0.15) is 11.5 Å². The summed E-state index contributed by atoms with van der Waals surface area (Å²) in [5, 5.41) is 2.83. The molecule has 7 heteroatoms. The lowest BCUT2D eigenvalue weighted by molar-refractivity contribution is 0.0778. The maximum absolute atomic E-state index is 13.1. The molecule has 29 heavy (non-hydrogen) atoms. The van der Waals surface area contributed by atoms with Gasteiger partial charge in [0, 0.05) is 20.1 Å². The molecule has 3 heterocycles. The lowest BCUT2D eigenvalue weighted by Gasteiger charge is -2.19. The van der Waals surface area contributed by atoms with Crippen LogP contribution in [0.3, 0.4) is 0 Å². The summed E-state index contributed by atoms with van der Waals surface area (Å²) in [6.07, 6.45) is 4.27. The van der Waals surface area contributed by atoms with Gasteiger partial charge in [0.15, 0.2) is 5.82 Å². The second-order valence-electron chi connectivity index (χ2n) is 7.25. The van der Waals surface area contributed by atoms with Gasteiger partial charge in [-0.1, -0.05) is 30.3 Å². The quantitative estimate of drug-likeness (QED) is 0.699. The summed E-state index contributed by atoms with van der Waals surface area (Å²) in [7, 11) is 1.76. The van der Waals surface area contributed by atoms with Gasteiger partial charge in [-0.3, -0.25) is 9.59 Å². The number of benzene rings is 1. The smallest absolute Gasteiger partial charge is 0.287 e. The monoisotopic (exact) mass is 392 g/mol. The predicted molar refractivity (Wildman–Crippen MR) is 107 cm³/mol. The van der Waals surface area contributed by atoms with Crippen LogP contribution in [0.15, 0.2) is 53.1 Å². The Morgan fingerprint density at radius 1 is 1.17 bits per heavy atom. The molecule has 0 radical (unpaired) electrons. The number of nitrogens with zero attached hydrogens (tertiary/aromatic N) is 3. The molecule has 0 bridgehead atoms. The lowest BCUT2D eigenvalue weighted by atomic mass is 10.1. The van der Waals surface area contributed by atoms with Gasteiger partial charge in [-0.15, -0.1) is 0 Å². The molecule has 0 fully saturated rings. The van der Waals surface area contributed by atoms with Crippen molar-refractivity contribution in [2.75, 3.05) is 7.05 Å². The van der Waals surface area contributed by atoms with E-state index in [9.17, 15) is 9.59 Å². The zero-order valence-corrected chi connectivity index (χ0v) is 16.4. The van der Waals surface area contributed by atoms with Gasteiger partial charge >= 0.3 is 0 Å². The number of nitrogens with one attached hydrogen (secondary N) is 1. The second kappa shape index (κ2) is 8.34. The van der Waals surface area contributed by atoms with Crippen molar-refractivity contribution in [3.63, 3.8) is 0 Å². The molecule has 1 aromatic carbocycles. The largest absolute Gasteiger partial charge is 0.467 e. The first kappa shape index (κ1) is 19.0. The molecule has 2 amide bonds. The number of furan rings is 1. The normalized spacial score (nSPS) is 13.0.